The topological polar surface area (TPSA) is 66.5 Å². The average molecular weight is 322 g/mol. The molecule has 1 heterocycles. The molecule has 1 saturated carbocycles. The third kappa shape index (κ3) is 3.17. The van der Waals surface area contributed by atoms with Gasteiger partial charge in [-0.15, -0.1) is 0 Å². The molecule has 22 heavy (non-hydrogen) atoms. The van der Waals surface area contributed by atoms with Gasteiger partial charge in [-0.3, -0.25) is 4.79 Å². The van der Waals surface area contributed by atoms with E-state index in [4.69, 9.17) is 0 Å². The Kier molecular flexibility index (Phi) is 4.49. The maximum Gasteiger partial charge on any atom is 0.243 e. The first-order chi connectivity index (χ1) is 10.6. The Balaban J connectivity index is 1.68. The number of anilines is 1. The van der Waals surface area contributed by atoms with Gasteiger partial charge < -0.3 is 5.32 Å². The molecule has 1 N–H and O–H groups in total. The monoisotopic (exact) mass is 322 g/mol. The van der Waals surface area contributed by atoms with Crippen molar-refractivity contribution in [1.82, 2.24) is 4.31 Å². The van der Waals surface area contributed by atoms with Crippen LogP contribution in [0.4, 0.5) is 5.69 Å². The largest absolute Gasteiger partial charge is 0.326 e. The predicted molar refractivity (Wildman–Crippen MR) is 85.0 cm³/mol. The Morgan fingerprint density at radius 1 is 1.00 bits per heavy atom. The fourth-order valence-electron chi connectivity index (χ4n) is 3.22. The zero-order valence-corrected chi connectivity index (χ0v) is 13.4. The Bertz CT molecular complexity index is 628. The molecule has 6 heteroatoms. The van der Waals surface area contributed by atoms with Gasteiger partial charge in [0.05, 0.1) is 4.90 Å². The number of hydrogen-bond acceptors (Lipinski definition) is 3. The highest BCUT2D eigenvalue weighted by molar-refractivity contribution is 7.89. The van der Waals surface area contributed by atoms with Crippen LogP contribution in [0.25, 0.3) is 0 Å². The van der Waals surface area contributed by atoms with Crippen LogP contribution in [0.1, 0.15) is 38.5 Å². The van der Waals surface area contributed by atoms with Crippen molar-refractivity contribution < 1.29 is 13.2 Å². The number of nitrogens with one attached hydrogen (secondary N) is 1. The van der Waals surface area contributed by atoms with E-state index in [9.17, 15) is 13.2 Å². The number of carbonyl (C=O) groups excluding carboxylic acids is 1. The minimum Gasteiger partial charge on any atom is -0.326 e. The molecular formula is C16H22N2O3S. The zero-order chi connectivity index (χ0) is 15.6. The van der Waals surface area contributed by atoms with Crippen molar-refractivity contribution in [2.24, 2.45) is 5.92 Å². The number of rotatable bonds is 4. The van der Waals surface area contributed by atoms with E-state index >= 15 is 0 Å². The first kappa shape index (κ1) is 15.5. The summed E-state index contributed by atoms with van der Waals surface area (Å²) in [5.41, 5.74) is 0.664. The van der Waals surface area contributed by atoms with E-state index in [0.29, 0.717) is 23.7 Å². The van der Waals surface area contributed by atoms with Gasteiger partial charge >= 0.3 is 0 Å². The first-order valence-electron chi connectivity index (χ1n) is 7.98. The summed E-state index contributed by atoms with van der Waals surface area (Å²) in [6.07, 6.45) is 5.99. The first-order valence-corrected chi connectivity index (χ1v) is 9.42. The van der Waals surface area contributed by atoms with Crippen molar-refractivity contribution in [1.29, 1.82) is 0 Å². The second-order valence-electron chi connectivity index (χ2n) is 6.11. The van der Waals surface area contributed by atoms with Crippen molar-refractivity contribution in [2.45, 2.75) is 43.4 Å². The smallest absolute Gasteiger partial charge is 0.243 e. The second-order valence-corrected chi connectivity index (χ2v) is 8.04. The number of hydrogen-bond donors (Lipinski definition) is 1. The molecular weight excluding hydrogens is 300 g/mol. The summed E-state index contributed by atoms with van der Waals surface area (Å²) in [7, 11) is -3.38. The molecule has 3 rings (SSSR count). The standard InChI is InChI=1S/C16H22N2O3S/c19-16(13-5-1-2-6-13)17-14-7-9-15(10-8-14)22(20,21)18-11-3-4-12-18/h7-10,13H,1-6,11-12H2,(H,17,19). The van der Waals surface area contributed by atoms with Crippen molar-refractivity contribution >= 4 is 21.6 Å². The lowest BCUT2D eigenvalue weighted by molar-refractivity contribution is -0.119. The molecule has 0 spiro atoms. The molecule has 120 valence electrons. The quantitative estimate of drug-likeness (QED) is 0.926. The Hall–Kier alpha value is -1.40. The molecule has 2 aliphatic rings. The maximum atomic E-state index is 12.4. The lowest BCUT2D eigenvalue weighted by atomic mass is 10.1. The van der Waals surface area contributed by atoms with Crippen molar-refractivity contribution in [3.05, 3.63) is 24.3 Å². The Morgan fingerprint density at radius 2 is 1.59 bits per heavy atom. The highest BCUT2D eigenvalue weighted by atomic mass is 32.2. The molecule has 1 saturated heterocycles. The molecule has 2 fully saturated rings. The summed E-state index contributed by atoms with van der Waals surface area (Å²) in [5, 5.41) is 2.88. The Morgan fingerprint density at radius 3 is 2.18 bits per heavy atom. The van der Waals surface area contributed by atoms with E-state index in [0.717, 1.165) is 38.5 Å². The van der Waals surface area contributed by atoms with Gasteiger partial charge in [-0.05, 0) is 49.9 Å². The SMILES string of the molecule is O=C(Nc1ccc(S(=O)(=O)N2CCCC2)cc1)C1CCCC1. The van der Waals surface area contributed by atoms with Crippen LogP contribution in [0.2, 0.25) is 0 Å². The van der Waals surface area contributed by atoms with E-state index in [1.807, 2.05) is 0 Å². The van der Waals surface area contributed by atoms with Gasteiger partial charge in [0.2, 0.25) is 15.9 Å². The summed E-state index contributed by atoms with van der Waals surface area (Å²) in [4.78, 5) is 12.4. The van der Waals surface area contributed by atoms with Crippen LogP contribution in [0.15, 0.2) is 29.2 Å². The molecule has 1 aromatic rings. The van der Waals surface area contributed by atoms with E-state index in [1.165, 1.54) is 4.31 Å². The normalized spacial score (nSPS) is 20.4. The van der Waals surface area contributed by atoms with Gasteiger partial charge in [0, 0.05) is 24.7 Å². The van der Waals surface area contributed by atoms with Gasteiger partial charge in [0.15, 0.2) is 0 Å². The van der Waals surface area contributed by atoms with Gasteiger partial charge in [-0.25, -0.2) is 8.42 Å². The summed E-state index contributed by atoms with van der Waals surface area (Å²) in [6.45, 7) is 1.20. The molecule has 0 atom stereocenters. The Labute approximate surface area is 131 Å². The minimum atomic E-state index is -3.38. The molecule has 1 amide bonds. The van der Waals surface area contributed by atoms with Crippen LogP contribution in [0.3, 0.4) is 0 Å². The summed E-state index contributed by atoms with van der Waals surface area (Å²) >= 11 is 0. The van der Waals surface area contributed by atoms with Crippen molar-refractivity contribution in [2.75, 3.05) is 18.4 Å². The average Bonchev–Trinajstić information content (AvgIpc) is 3.21. The van der Waals surface area contributed by atoms with Gasteiger partial charge in [0.1, 0.15) is 0 Å². The van der Waals surface area contributed by atoms with E-state index < -0.39 is 10.0 Å². The van der Waals surface area contributed by atoms with Crippen LogP contribution >= 0.6 is 0 Å². The molecule has 0 aromatic heterocycles. The zero-order valence-electron chi connectivity index (χ0n) is 12.6. The molecule has 1 aliphatic heterocycles. The number of amides is 1. The number of benzene rings is 1. The maximum absolute atomic E-state index is 12.4. The van der Waals surface area contributed by atoms with E-state index in [1.54, 1.807) is 24.3 Å². The number of nitrogens with zero attached hydrogens (tertiary/aromatic N) is 1. The van der Waals surface area contributed by atoms with Crippen LogP contribution in [-0.2, 0) is 14.8 Å². The lowest BCUT2D eigenvalue weighted by Crippen LogP contribution is -2.27. The van der Waals surface area contributed by atoms with E-state index in [2.05, 4.69) is 5.32 Å². The molecule has 5 nitrogen and oxygen atoms in total. The molecule has 0 radical (unpaired) electrons. The van der Waals surface area contributed by atoms with Crippen molar-refractivity contribution in [3.8, 4) is 0 Å². The third-order valence-corrected chi connectivity index (χ3v) is 6.46. The minimum absolute atomic E-state index is 0.0488. The lowest BCUT2D eigenvalue weighted by Gasteiger charge is -2.16. The summed E-state index contributed by atoms with van der Waals surface area (Å²) in [6, 6.07) is 6.52. The highest BCUT2D eigenvalue weighted by Crippen LogP contribution is 2.27. The molecule has 1 aromatic carbocycles. The van der Waals surface area contributed by atoms with Crippen molar-refractivity contribution in [3.63, 3.8) is 0 Å². The van der Waals surface area contributed by atoms with Gasteiger partial charge in [-0.1, -0.05) is 12.8 Å². The molecule has 0 bridgehead atoms. The summed E-state index contributed by atoms with van der Waals surface area (Å²) < 4.78 is 26.4. The van der Waals surface area contributed by atoms with Crippen LogP contribution in [-0.4, -0.2) is 31.7 Å². The molecule has 0 unspecified atom stereocenters. The fourth-order valence-corrected chi connectivity index (χ4v) is 4.74. The third-order valence-electron chi connectivity index (χ3n) is 4.55. The summed E-state index contributed by atoms with van der Waals surface area (Å²) in [5.74, 6) is 0.153. The highest BCUT2D eigenvalue weighted by Gasteiger charge is 2.27. The fraction of sp³-hybridized carbons (Fsp3) is 0.562. The number of sulfonamides is 1. The van der Waals surface area contributed by atoms with Gasteiger partial charge in [-0.2, -0.15) is 4.31 Å². The van der Waals surface area contributed by atoms with Gasteiger partial charge in [0.25, 0.3) is 0 Å². The second kappa shape index (κ2) is 6.38. The number of carbonyl (C=O) groups is 1. The van der Waals surface area contributed by atoms with Crippen LogP contribution in [0, 0.1) is 5.92 Å². The van der Waals surface area contributed by atoms with Crippen LogP contribution < -0.4 is 5.32 Å². The van der Waals surface area contributed by atoms with E-state index in [-0.39, 0.29) is 11.8 Å². The molecule has 1 aliphatic carbocycles. The van der Waals surface area contributed by atoms with Crippen LogP contribution in [0.5, 0.6) is 0 Å². The predicted octanol–water partition coefficient (Wildman–Crippen LogP) is 2.60.